The first-order valence-electron chi connectivity index (χ1n) is 6.89. The van der Waals surface area contributed by atoms with Crippen LogP contribution in [0.2, 0.25) is 0 Å². The number of imide groups is 1. The molecule has 2 heterocycles. The fraction of sp³-hybridized carbons (Fsp3) is 0.0625. The summed E-state index contributed by atoms with van der Waals surface area (Å²) in [6.45, 7) is 0. The number of carbonyl (C=O) groups is 2. The van der Waals surface area contributed by atoms with E-state index < -0.39 is 23.6 Å². The lowest BCUT2D eigenvalue weighted by atomic mass is 10.1. The minimum atomic E-state index is -4.50. The van der Waals surface area contributed by atoms with E-state index >= 15 is 0 Å². The van der Waals surface area contributed by atoms with Gasteiger partial charge in [0.15, 0.2) is 0 Å². The second-order valence-corrected chi connectivity index (χ2v) is 7.58. The summed E-state index contributed by atoms with van der Waals surface area (Å²) in [6.07, 6.45) is -4.50. The van der Waals surface area contributed by atoms with Gasteiger partial charge in [0, 0.05) is 9.40 Å². The molecule has 1 aliphatic rings. The van der Waals surface area contributed by atoms with Crippen LogP contribution in [0.3, 0.4) is 0 Å². The number of hydrogen-bond acceptors (Lipinski definition) is 5. The van der Waals surface area contributed by atoms with Crippen LogP contribution in [0, 0.1) is 0 Å². The Bertz CT molecular complexity index is 1040. The molecule has 126 valence electrons. The largest absolute Gasteiger partial charge is 0.416 e. The fourth-order valence-electron chi connectivity index (χ4n) is 2.64. The first kappa shape index (κ1) is 16.0. The smallest absolute Gasteiger partial charge is 0.268 e. The molecule has 0 saturated carbocycles. The van der Waals surface area contributed by atoms with Crippen LogP contribution >= 0.6 is 22.7 Å². The van der Waals surface area contributed by atoms with E-state index in [1.165, 1.54) is 12.1 Å². The topological polar surface area (TPSA) is 54.5 Å². The minimum Gasteiger partial charge on any atom is -0.268 e. The first-order chi connectivity index (χ1) is 11.8. The number of carbonyl (C=O) groups excluding carboxylic acids is 2. The van der Waals surface area contributed by atoms with Crippen molar-refractivity contribution in [2.24, 2.45) is 0 Å². The third kappa shape index (κ3) is 2.47. The van der Waals surface area contributed by atoms with Gasteiger partial charge in [0.05, 0.1) is 22.4 Å². The zero-order chi connectivity index (χ0) is 17.9. The van der Waals surface area contributed by atoms with Gasteiger partial charge in [-0.3, -0.25) is 14.4 Å². The lowest BCUT2D eigenvalue weighted by molar-refractivity contribution is -0.137. The van der Waals surface area contributed by atoms with E-state index in [9.17, 15) is 27.6 Å². The van der Waals surface area contributed by atoms with Crippen LogP contribution in [-0.2, 0) is 6.18 Å². The summed E-state index contributed by atoms with van der Waals surface area (Å²) in [4.78, 5) is 37.4. The molecule has 1 aromatic heterocycles. The molecule has 2 amide bonds. The first-order valence-corrected chi connectivity index (χ1v) is 8.53. The summed E-state index contributed by atoms with van der Waals surface area (Å²) in [5.41, 5.74) is -0.508. The summed E-state index contributed by atoms with van der Waals surface area (Å²) in [6, 6.07) is 6.79. The van der Waals surface area contributed by atoms with Gasteiger partial charge in [-0.1, -0.05) is 22.7 Å². The van der Waals surface area contributed by atoms with Gasteiger partial charge < -0.3 is 0 Å². The lowest BCUT2D eigenvalue weighted by Gasteiger charge is -2.15. The van der Waals surface area contributed by atoms with Crippen LogP contribution in [-0.4, -0.2) is 11.8 Å². The predicted octanol–water partition coefficient (Wildman–Crippen LogP) is 4.14. The highest BCUT2D eigenvalue weighted by atomic mass is 32.2. The zero-order valence-electron chi connectivity index (χ0n) is 12.1. The maximum atomic E-state index is 12.7. The zero-order valence-corrected chi connectivity index (χ0v) is 13.7. The molecule has 9 heteroatoms. The highest BCUT2D eigenvalue weighted by molar-refractivity contribution is 7.35. The van der Waals surface area contributed by atoms with Crippen molar-refractivity contribution in [1.82, 2.24) is 0 Å². The Morgan fingerprint density at radius 3 is 1.72 bits per heavy atom. The van der Waals surface area contributed by atoms with E-state index in [0.29, 0.717) is 9.40 Å². The van der Waals surface area contributed by atoms with Crippen molar-refractivity contribution >= 4 is 49.6 Å². The molecule has 4 rings (SSSR count). The van der Waals surface area contributed by atoms with E-state index in [1.807, 2.05) is 0 Å². The monoisotopic (exact) mass is 381 g/mol. The predicted molar refractivity (Wildman–Crippen MR) is 88.6 cm³/mol. The highest BCUT2D eigenvalue weighted by Gasteiger charge is 2.38. The van der Waals surface area contributed by atoms with Crippen molar-refractivity contribution in [2.75, 3.05) is 4.90 Å². The molecule has 0 atom stereocenters. The number of rotatable bonds is 1. The second kappa shape index (κ2) is 5.24. The van der Waals surface area contributed by atoms with E-state index in [-0.39, 0.29) is 20.9 Å². The molecule has 25 heavy (non-hydrogen) atoms. The number of amides is 2. The lowest BCUT2D eigenvalue weighted by Crippen LogP contribution is -2.29. The van der Waals surface area contributed by atoms with Crippen LogP contribution < -0.4 is 8.96 Å². The fourth-order valence-corrected chi connectivity index (χ4v) is 4.63. The Morgan fingerprint density at radius 1 is 0.800 bits per heavy atom. The average Bonchev–Trinajstić information content (AvgIpc) is 3.02. The third-order valence-electron chi connectivity index (χ3n) is 3.79. The second-order valence-electron chi connectivity index (χ2n) is 5.29. The van der Waals surface area contributed by atoms with Gasteiger partial charge in [0.2, 0.25) is 0 Å². The van der Waals surface area contributed by atoms with Crippen LogP contribution in [0.15, 0.2) is 41.2 Å². The molecule has 0 spiro atoms. The summed E-state index contributed by atoms with van der Waals surface area (Å²) >= 11 is 1.96. The normalized spacial score (nSPS) is 14.4. The molecular formula is C16H6F3NO3S2. The van der Waals surface area contributed by atoms with Crippen LogP contribution in [0.1, 0.15) is 26.3 Å². The third-order valence-corrected chi connectivity index (χ3v) is 5.87. The highest BCUT2D eigenvalue weighted by Crippen LogP contribution is 2.35. The Hall–Kier alpha value is -2.52. The average molecular weight is 381 g/mol. The van der Waals surface area contributed by atoms with E-state index in [1.54, 1.807) is 0 Å². The van der Waals surface area contributed by atoms with Gasteiger partial charge >= 0.3 is 6.18 Å². The Balaban J connectivity index is 1.78. The number of benzene rings is 2. The summed E-state index contributed by atoms with van der Waals surface area (Å²) < 4.78 is 39.0. The van der Waals surface area contributed by atoms with Gasteiger partial charge in [-0.15, -0.1) is 0 Å². The van der Waals surface area contributed by atoms with Crippen molar-refractivity contribution in [3.63, 3.8) is 0 Å². The molecule has 0 N–H and O–H groups in total. The van der Waals surface area contributed by atoms with Crippen molar-refractivity contribution < 1.29 is 22.8 Å². The molecule has 0 unspecified atom stereocenters. The Labute approximate surface area is 145 Å². The quantitative estimate of drug-likeness (QED) is 0.596. The summed E-state index contributed by atoms with van der Waals surface area (Å²) in [5, 5.41) is 0. The molecule has 0 saturated heterocycles. The van der Waals surface area contributed by atoms with Gasteiger partial charge in [-0.2, -0.15) is 13.2 Å². The van der Waals surface area contributed by atoms with Crippen molar-refractivity contribution in [1.29, 1.82) is 0 Å². The van der Waals surface area contributed by atoms with Crippen molar-refractivity contribution in [3.05, 3.63) is 61.9 Å². The summed E-state index contributed by atoms with van der Waals surface area (Å²) in [5.74, 6) is -1.24. The number of anilines is 1. The molecule has 2 aromatic carbocycles. The molecular weight excluding hydrogens is 375 g/mol. The minimum absolute atomic E-state index is 0.0655. The Kier molecular flexibility index (Phi) is 3.35. The SMILES string of the molecule is O=C1c2cc3sc(=O)sc3cc2C(=O)N1c1ccc(C(F)(F)F)cc1. The van der Waals surface area contributed by atoms with Crippen LogP contribution in [0.4, 0.5) is 18.9 Å². The van der Waals surface area contributed by atoms with Crippen molar-refractivity contribution in [2.45, 2.75) is 6.18 Å². The number of alkyl halides is 3. The molecule has 3 aromatic rings. The van der Waals surface area contributed by atoms with Crippen molar-refractivity contribution in [3.8, 4) is 0 Å². The maximum Gasteiger partial charge on any atom is 0.416 e. The molecule has 4 nitrogen and oxygen atoms in total. The van der Waals surface area contributed by atoms with Gasteiger partial charge in [0.25, 0.3) is 15.9 Å². The van der Waals surface area contributed by atoms with E-state index in [0.717, 1.165) is 51.8 Å². The van der Waals surface area contributed by atoms with Gasteiger partial charge in [-0.25, -0.2) is 4.90 Å². The maximum absolute atomic E-state index is 12.7. The molecule has 0 radical (unpaired) electrons. The molecule has 0 fully saturated rings. The molecule has 0 aliphatic carbocycles. The van der Waals surface area contributed by atoms with Crippen LogP contribution in [0.5, 0.6) is 0 Å². The van der Waals surface area contributed by atoms with Gasteiger partial charge in [-0.05, 0) is 36.4 Å². The van der Waals surface area contributed by atoms with Gasteiger partial charge in [0.1, 0.15) is 0 Å². The van der Waals surface area contributed by atoms with E-state index in [2.05, 4.69) is 0 Å². The number of fused-ring (bicyclic) bond motifs is 2. The standard InChI is InChI=1S/C16H6F3NO3S2/c17-16(18,19)7-1-3-8(4-2-7)20-13(21)9-5-11-12(25-15(23)24-11)6-10(9)14(20)22/h1-6H. The Morgan fingerprint density at radius 2 is 1.28 bits per heavy atom. The number of nitrogens with zero attached hydrogens (tertiary/aromatic N) is 1. The number of hydrogen-bond donors (Lipinski definition) is 0. The van der Waals surface area contributed by atoms with E-state index in [4.69, 9.17) is 0 Å². The van der Waals surface area contributed by atoms with Crippen LogP contribution in [0.25, 0.3) is 9.40 Å². The summed E-state index contributed by atoms with van der Waals surface area (Å²) in [7, 11) is 0. The molecule has 0 bridgehead atoms. The molecule has 1 aliphatic heterocycles. The number of halogens is 3.